The highest BCUT2D eigenvalue weighted by Crippen LogP contribution is 2.16. The first kappa shape index (κ1) is 17.8. The number of nitro groups is 1. The van der Waals surface area contributed by atoms with Crippen molar-refractivity contribution in [2.45, 2.75) is 20.8 Å². The Balaban J connectivity index is 1.89. The zero-order chi connectivity index (χ0) is 19.6. The van der Waals surface area contributed by atoms with Crippen LogP contribution < -0.4 is 5.73 Å². The van der Waals surface area contributed by atoms with Gasteiger partial charge in [0.2, 0.25) is 11.6 Å². The van der Waals surface area contributed by atoms with E-state index in [9.17, 15) is 10.1 Å². The van der Waals surface area contributed by atoms with Gasteiger partial charge >= 0.3 is 0 Å². The molecule has 12 heteroatoms. The second-order valence-corrected chi connectivity index (χ2v) is 5.59. The Hall–Kier alpha value is -3.96. The van der Waals surface area contributed by atoms with E-state index in [4.69, 9.17) is 5.73 Å². The molecule has 138 valence electrons. The maximum atomic E-state index is 10.9. The van der Waals surface area contributed by atoms with Gasteiger partial charge in [0.25, 0.3) is 5.69 Å². The molecule has 0 aliphatic rings. The zero-order valence-corrected chi connectivity index (χ0v) is 14.7. The van der Waals surface area contributed by atoms with Gasteiger partial charge in [-0.15, -0.1) is 5.10 Å². The normalized spacial score (nSPS) is 12.4. The molecule has 12 nitrogen and oxygen atoms in total. The molecule has 0 aliphatic carbocycles. The van der Waals surface area contributed by atoms with Crippen LogP contribution >= 0.6 is 0 Å². The van der Waals surface area contributed by atoms with Crippen LogP contribution in [-0.2, 0) is 0 Å². The van der Waals surface area contributed by atoms with E-state index >= 15 is 0 Å². The fourth-order valence-corrected chi connectivity index (χ4v) is 2.30. The molecule has 0 amide bonds. The molecule has 0 saturated carbocycles. The predicted molar refractivity (Wildman–Crippen MR) is 95.9 cm³/mol. The topological polar surface area (TPSA) is 164 Å². The Morgan fingerprint density at radius 3 is 2.67 bits per heavy atom. The highest BCUT2D eigenvalue weighted by Gasteiger charge is 2.18. The Labute approximate surface area is 152 Å². The van der Waals surface area contributed by atoms with Gasteiger partial charge in [-0.25, -0.2) is 4.63 Å². The Morgan fingerprint density at radius 2 is 2.00 bits per heavy atom. The largest absolute Gasteiger partial charge is 0.378 e. The lowest BCUT2D eigenvalue weighted by molar-refractivity contribution is -0.384. The standard InChI is InChI=1S/C15H15N9O3/c1-8(11-5-4-6-12(7-11)24(25)26)17-18-9(2)13-10(3)23(22-19-13)15-14(16)20-27-21-15/h4-7H,1-3H3,(H2,16,20)/b17-8+,18-9+. The average Bonchev–Trinajstić information content (AvgIpc) is 3.24. The number of benzene rings is 1. The maximum absolute atomic E-state index is 10.9. The third-order valence-electron chi connectivity index (χ3n) is 3.76. The summed E-state index contributed by atoms with van der Waals surface area (Å²) in [6.07, 6.45) is 0. The quantitative estimate of drug-likeness (QED) is 0.403. The minimum atomic E-state index is -0.461. The van der Waals surface area contributed by atoms with Crippen LogP contribution in [0.25, 0.3) is 5.82 Å². The summed E-state index contributed by atoms with van der Waals surface area (Å²) in [5.74, 6) is 0.319. The van der Waals surface area contributed by atoms with E-state index in [2.05, 4.69) is 35.5 Å². The average molecular weight is 369 g/mol. The van der Waals surface area contributed by atoms with Crippen LogP contribution in [0.1, 0.15) is 30.8 Å². The lowest BCUT2D eigenvalue weighted by Gasteiger charge is -2.00. The van der Waals surface area contributed by atoms with Gasteiger partial charge in [-0.2, -0.15) is 14.9 Å². The number of rotatable bonds is 5. The number of nitrogen functional groups attached to an aromatic ring is 1. The van der Waals surface area contributed by atoms with E-state index in [1.54, 1.807) is 32.9 Å². The molecular weight excluding hydrogens is 354 g/mol. The fraction of sp³-hybridized carbons (Fsp3) is 0.200. The molecule has 3 rings (SSSR count). The van der Waals surface area contributed by atoms with E-state index in [0.29, 0.717) is 28.4 Å². The number of non-ortho nitro benzene ring substituents is 1. The summed E-state index contributed by atoms with van der Waals surface area (Å²) in [4.78, 5) is 10.4. The molecule has 0 bridgehead atoms. The van der Waals surface area contributed by atoms with Crippen LogP contribution in [0.3, 0.4) is 0 Å². The molecule has 2 N–H and O–H groups in total. The van der Waals surface area contributed by atoms with E-state index in [1.165, 1.54) is 16.8 Å². The highest BCUT2D eigenvalue weighted by molar-refractivity contribution is 6.01. The summed E-state index contributed by atoms with van der Waals surface area (Å²) in [7, 11) is 0. The van der Waals surface area contributed by atoms with Gasteiger partial charge in [0.1, 0.15) is 5.69 Å². The molecule has 1 aromatic carbocycles. The zero-order valence-electron chi connectivity index (χ0n) is 14.7. The van der Waals surface area contributed by atoms with Crippen molar-refractivity contribution in [3.63, 3.8) is 0 Å². The van der Waals surface area contributed by atoms with E-state index < -0.39 is 4.92 Å². The summed E-state index contributed by atoms with van der Waals surface area (Å²) in [5, 5.41) is 34.4. The van der Waals surface area contributed by atoms with Crippen molar-refractivity contribution in [2.75, 3.05) is 5.73 Å². The summed E-state index contributed by atoms with van der Waals surface area (Å²) in [5.41, 5.74) is 8.39. The van der Waals surface area contributed by atoms with Crippen LogP contribution in [0.4, 0.5) is 11.5 Å². The molecule has 0 aliphatic heterocycles. The molecule has 2 heterocycles. The van der Waals surface area contributed by atoms with Crippen LogP contribution in [0.15, 0.2) is 39.1 Å². The second-order valence-electron chi connectivity index (χ2n) is 5.59. The summed E-state index contributed by atoms with van der Waals surface area (Å²) in [6, 6.07) is 6.16. The van der Waals surface area contributed by atoms with Crippen LogP contribution in [0, 0.1) is 17.0 Å². The van der Waals surface area contributed by atoms with Gasteiger partial charge < -0.3 is 5.73 Å². The Kier molecular flexibility index (Phi) is 4.70. The van der Waals surface area contributed by atoms with Gasteiger partial charge in [0.15, 0.2) is 0 Å². The molecular formula is C15H15N9O3. The maximum Gasteiger partial charge on any atom is 0.270 e. The third kappa shape index (κ3) is 3.53. The summed E-state index contributed by atoms with van der Waals surface area (Å²) < 4.78 is 5.95. The van der Waals surface area contributed by atoms with E-state index in [0.717, 1.165) is 0 Å². The number of hydrogen-bond acceptors (Lipinski definition) is 10. The van der Waals surface area contributed by atoms with Crippen molar-refractivity contribution >= 4 is 22.9 Å². The molecule has 0 unspecified atom stereocenters. The lowest BCUT2D eigenvalue weighted by atomic mass is 10.1. The van der Waals surface area contributed by atoms with Gasteiger partial charge in [-0.05, 0) is 31.1 Å². The second kappa shape index (κ2) is 7.11. The molecule has 0 fully saturated rings. The smallest absolute Gasteiger partial charge is 0.270 e. The number of aromatic nitrogens is 5. The van der Waals surface area contributed by atoms with Gasteiger partial charge in [0, 0.05) is 17.7 Å². The van der Waals surface area contributed by atoms with E-state index in [1.807, 2.05) is 0 Å². The monoisotopic (exact) mass is 369 g/mol. The first-order valence-corrected chi connectivity index (χ1v) is 7.73. The first-order valence-electron chi connectivity index (χ1n) is 7.73. The van der Waals surface area contributed by atoms with Gasteiger partial charge in [-0.3, -0.25) is 10.1 Å². The number of nitro benzene ring substituents is 1. The van der Waals surface area contributed by atoms with Crippen molar-refractivity contribution in [2.24, 2.45) is 10.2 Å². The highest BCUT2D eigenvalue weighted by atomic mass is 16.6. The SMILES string of the molecule is C/C(=N\N=C(/C)c1nnn(-c2nonc2N)c1C)c1cccc([N+](=O)[O-])c1. The number of nitrogens with two attached hydrogens (primary N) is 1. The van der Waals surface area contributed by atoms with Gasteiger partial charge in [-0.1, -0.05) is 17.3 Å². The van der Waals surface area contributed by atoms with Crippen LogP contribution in [-0.4, -0.2) is 41.7 Å². The predicted octanol–water partition coefficient (Wildman–Crippen LogP) is 1.68. The number of hydrogen-bond donors (Lipinski definition) is 1. The van der Waals surface area contributed by atoms with Crippen molar-refractivity contribution < 1.29 is 9.55 Å². The van der Waals surface area contributed by atoms with Crippen molar-refractivity contribution in [3.8, 4) is 5.82 Å². The molecule has 2 aromatic heterocycles. The molecule has 0 spiro atoms. The minimum Gasteiger partial charge on any atom is -0.378 e. The van der Waals surface area contributed by atoms with Crippen molar-refractivity contribution in [1.82, 2.24) is 25.3 Å². The molecule has 3 aromatic rings. The fourth-order valence-electron chi connectivity index (χ4n) is 2.30. The van der Waals surface area contributed by atoms with Crippen molar-refractivity contribution in [3.05, 3.63) is 51.3 Å². The molecule has 27 heavy (non-hydrogen) atoms. The van der Waals surface area contributed by atoms with Crippen LogP contribution in [0.5, 0.6) is 0 Å². The summed E-state index contributed by atoms with van der Waals surface area (Å²) >= 11 is 0. The van der Waals surface area contributed by atoms with Crippen molar-refractivity contribution in [1.29, 1.82) is 0 Å². The van der Waals surface area contributed by atoms with Gasteiger partial charge in [0.05, 0.1) is 22.0 Å². The number of nitrogens with zero attached hydrogens (tertiary/aromatic N) is 8. The summed E-state index contributed by atoms with van der Waals surface area (Å²) in [6.45, 7) is 5.19. The Morgan fingerprint density at radius 1 is 1.26 bits per heavy atom. The third-order valence-corrected chi connectivity index (χ3v) is 3.76. The Bertz CT molecular complexity index is 1060. The number of anilines is 1. The lowest BCUT2D eigenvalue weighted by Crippen LogP contribution is -2.05. The minimum absolute atomic E-state index is 0.0136. The molecule has 0 saturated heterocycles. The first-order chi connectivity index (χ1) is 12.9. The molecule has 0 radical (unpaired) electrons. The van der Waals surface area contributed by atoms with Crippen LogP contribution in [0.2, 0.25) is 0 Å². The van der Waals surface area contributed by atoms with E-state index in [-0.39, 0.29) is 17.3 Å². The molecule has 0 atom stereocenters.